The third kappa shape index (κ3) is 4.58. The monoisotopic (exact) mass is 285 g/mol. The highest BCUT2D eigenvalue weighted by Crippen LogP contribution is 2.20. The summed E-state index contributed by atoms with van der Waals surface area (Å²) in [5.41, 5.74) is 3.21. The lowest BCUT2D eigenvalue weighted by Gasteiger charge is -2.28. The highest BCUT2D eigenvalue weighted by molar-refractivity contribution is 7.12. The fraction of sp³-hybridized carbons (Fsp3) is 0.615. The molecule has 0 bridgehead atoms. The largest absolute Gasteiger partial charge is 0.383 e. The molecule has 1 aromatic rings. The highest BCUT2D eigenvalue weighted by Gasteiger charge is 2.17. The van der Waals surface area contributed by atoms with Crippen molar-refractivity contribution in [2.75, 3.05) is 20.3 Å². The van der Waals surface area contributed by atoms with Gasteiger partial charge in [-0.2, -0.15) is 0 Å². The second-order valence-electron chi connectivity index (χ2n) is 4.47. The van der Waals surface area contributed by atoms with Gasteiger partial charge in [-0.15, -0.1) is 11.3 Å². The van der Waals surface area contributed by atoms with E-state index in [2.05, 4.69) is 24.2 Å². The Morgan fingerprint density at radius 2 is 2.37 bits per heavy atom. The van der Waals surface area contributed by atoms with Crippen LogP contribution in [-0.2, 0) is 11.3 Å². The van der Waals surface area contributed by atoms with Crippen LogP contribution < -0.4 is 11.3 Å². The van der Waals surface area contributed by atoms with Crippen LogP contribution in [0.2, 0.25) is 0 Å². The molecular formula is C13H23N3O2S. The standard InChI is InChI=1S/C13H23N3O2S/c1-4-10(2)16(6-7-18-3)9-11-5-8-19-12(11)13(17)15-14/h5,8,10H,4,6-7,9,14H2,1-3H3,(H,15,17). The second kappa shape index (κ2) is 8.27. The number of nitrogen functional groups attached to an aromatic ring is 1. The van der Waals surface area contributed by atoms with Crippen LogP contribution in [0, 0.1) is 0 Å². The van der Waals surface area contributed by atoms with Gasteiger partial charge in [-0.25, -0.2) is 5.84 Å². The summed E-state index contributed by atoms with van der Waals surface area (Å²) in [5, 5.41) is 1.92. The Balaban J connectivity index is 2.78. The van der Waals surface area contributed by atoms with Gasteiger partial charge in [0.05, 0.1) is 11.5 Å². The van der Waals surface area contributed by atoms with Gasteiger partial charge in [-0.05, 0) is 30.4 Å². The van der Waals surface area contributed by atoms with Crippen molar-refractivity contribution in [2.24, 2.45) is 5.84 Å². The number of nitrogens with zero attached hydrogens (tertiary/aromatic N) is 1. The summed E-state index contributed by atoms with van der Waals surface area (Å²) >= 11 is 1.42. The maximum atomic E-state index is 11.7. The van der Waals surface area contributed by atoms with Crippen molar-refractivity contribution in [1.82, 2.24) is 10.3 Å². The molecule has 0 aliphatic carbocycles. The van der Waals surface area contributed by atoms with Gasteiger partial charge in [0, 0.05) is 26.2 Å². The van der Waals surface area contributed by atoms with Crippen LogP contribution in [0.25, 0.3) is 0 Å². The lowest BCUT2D eigenvalue weighted by Crippen LogP contribution is -2.36. The first-order valence-corrected chi connectivity index (χ1v) is 7.32. The van der Waals surface area contributed by atoms with E-state index < -0.39 is 0 Å². The number of hydrazine groups is 1. The first-order valence-electron chi connectivity index (χ1n) is 6.44. The number of carbonyl (C=O) groups is 1. The number of nitrogens with one attached hydrogen (secondary N) is 1. The molecule has 3 N–H and O–H groups in total. The van der Waals surface area contributed by atoms with Gasteiger partial charge in [0.2, 0.25) is 0 Å². The Hall–Kier alpha value is -0.950. The summed E-state index contributed by atoms with van der Waals surface area (Å²) < 4.78 is 5.15. The van der Waals surface area contributed by atoms with Crippen molar-refractivity contribution in [3.05, 3.63) is 21.9 Å². The molecule has 1 aromatic heterocycles. The van der Waals surface area contributed by atoms with Gasteiger partial charge >= 0.3 is 0 Å². The Labute approximate surface area is 118 Å². The Morgan fingerprint density at radius 1 is 1.63 bits per heavy atom. The molecule has 6 heteroatoms. The number of carbonyl (C=O) groups excluding carboxylic acids is 1. The van der Waals surface area contributed by atoms with Crippen molar-refractivity contribution in [2.45, 2.75) is 32.9 Å². The number of thiophene rings is 1. The summed E-state index contributed by atoms with van der Waals surface area (Å²) in [6, 6.07) is 2.43. The zero-order valence-corrected chi connectivity index (χ0v) is 12.6. The van der Waals surface area contributed by atoms with Crippen LogP contribution in [0.5, 0.6) is 0 Å². The van der Waals surface area contributed by atoms with Crippen molar-refractivity contribution in [3.8, 4) is 0 Å². The summed E-state index contributed by atoms with van der Waals surface area (Å²) in [7, 11) is 1.70. The van der Waals surface area contributed by atoms with Crippen LogP contribution in [0.4, 0.5) is 0 Å². The van der Waals surface area contributed by atoms with E-state index in [0.29, 0.717) is 17.5 Å². The molecule has 5 nitrogen and oxygen atoms in total. The molecule has 0 fully saturated rings. The molecule has 0 aromatic carbocycles. The molecule has 19 heavy (non-hydrogen) atoms. The molecule has 0 aliphatic heterocycles. The molecule has 0 saturated carbocycles. The van der Waals surface area contributed by atoms with Gasteiger partial charge in [0.25, 0.3) is 5.91 Å². The van der Waals surface area contributed by atoms with Gasteiger partial charge in [-0.3, -0.25) is 15.1 Å². The van der Waals surface area contributed by atoms with E-state index in [-0.39, 0.29) is 5.91 Å². The van der Waals surface area contributed by atoms with E-state index in [1.54, 1.807) is 7.11 Å². The van der Waals surface area contributed by atoms with Gasteiger partial charge in [-0.1, -0.05) is 6.92 Å². The normalized spacial score (nSPS) is 12.7. The number of ether oxygens (including phenoxy) is 1. The molecule has 1 unspecified atom stereocenters. The summed E-state index contributed by atoms with van der Waals surface area (Å²) in [5.74, 6) is 4.98. The van der Waals surface area contributed by atoms with Gasteiger partial charge < -0.3 is 4.74 Å². The lowest BCUT2D eigenvalue weighted by molar-refractivity contribution is 0.0952. The van der Waals surface area contributed by atoms with Crippen molar-refractivity contribution in [3.63, 3.8) is 0 Å². The average Bonchev–Trinajstić information content (AvgIpc) is 2.89. The van der Waals surface area contributed by atoms with Crippen LogP contribution in [0.15, 0.2) is 11.4 Å². The molecule has 0 spiro atoms. The van der Waals surface area contributed by atoms with E-state index in [4.69, 9.17) is 10.6 Å². The first kappa shape index (κ1) is 16.1. The van der Waals surface area contributed by atoms with Crippen LogP contribution >= 0.6 is 11.3 Å². The predicted octanol–water partition coefficient (Wildman–Crippen LogP) is 1.60. The minimum absolute atomic E-state index is 0.221. The lowest BCUT2D eigenvalue weighted by atomic mass is 10.1. The molecule has 1 heterocycles. The number of methoxy groups -OCH3 is 1. The van der Waals surface area contributed by atoms with Gasteiger partial charge in [0.1, 0.15) is 0 Å². The fourth-order valence-corrected chi connectivity index (χ4v) is 2.68. The fourth-order valence-electron chi connectivity index (χ4n) is 1.87. The third-order valence-electron chi connectivity index (χ3n) is 3.25. The maximum Gasteiger partial charge on any atom is 0.275 e. The minimum Gasteiger partial charge on any atom is -0.383 e. The molecule has 1 amide bonds. The topological polar surface area (TPSA) is 67.6 Å². The number of amides is 1. The zero-order valence-electron chi connectivity index (χ0n) is 11.8. The molecule has 108 valence electrons. The number of rotatable bonds is 8. The molecule has 1 atom stereocenters. The smallest absolute Gasteiger partial charge is 0.275 e. The molecule has 0 aliphatic rings. The Kier molecular flexibility index (Phi) is 7.01. The van der Waals surface area contributed by atoms with Crippen LogP contribution in [0.3, 0.4) is 0 Å². The summed E-state index contributed by atoms with van der Waals surface area (Å²) in [6.07, 6.45) is 1.06. The molecule has 0 radical (unpaired) electrons. The van der Waals surface area contributed by atoms with Crippen molar-refractivity contribution in [1.29, 1.82) is 0 Å². The van der Waals surface area contributed by atoms with E-state index >= 15 is 0 Å². The minimum atomic E-state index is -0.221. The van der Waals surface area contributed by atoms with Gasteiger partial charge in [0.15, 0.2) is 0 Å². The summed E-state index contributed by atoms with van der Waals surface area (Å²) in [6.45, 7) is 6.62. The van der Waals surface area contributed by atoms with Crippen molar-refractivity contribution < 1.29 is 9.53 Å². The predicted molar refractivity (Wildman–Crippen MR) is 78.0 cm³/mol. The number of nitrogens with two attached hydrogens (primary N) is 1. The van der Waals surface area contributed by atoms with Crippen molar-refractivity contribution >= 4 is 17.2 Å². The quantitative estimate of drug-likeness (QED) is 0.432. The van der Waals surface area contributed by atoms with E-state index in [0.717, 1.165) is 25.1 Å². The Morgan fingerprint density at radius 3 is 2.95 bits per heavy atom. The second-order valence-corrected chi connectivity index (χ2v) is 5.39. The Bertz CT molecular complexity index is 395. The third-order valence-corrected chi connectivity index (χ3v) is 4.21. The van der Waals surface area contributed by atoms with E-state index in [1.165, 1.54) is 11.3 Å². The molecular weight excluding hydrogens is 262 g/mol. The maximum absolute atomic E-state index is 11.7. The molecule has 0 saturated heterocycles. The number of hydrogen-bond donors (Lipinski definition) is 2. The summed E-state index contributed by atoms with van der Waals surface area (Å²) in [4.78, 5) is 14.7. The number of hydrogen-bond acceptors (Lipinski definition) is 5. The average molecular weight is 285 g/mol. The zero-order chi connectivity index (χ0) is 14.3. The van der Waals surface area contributed by atoms with E-state index in [1.807, 2.05) is 11.4 Å². The highest BCUT2D eigenvalue weighted by atomic mass is 32.1. The van der Waals surface area contributed by atoms with Crippen LogP contribution in [-0.4, -0.2) is 37.1 Å². The molecule has 1 rings (SSSR count). The SMILES string of the molecule is CCC(C)N(CCOC)Cc1ccsc1C(=O)NN. The van der Waals surface area contributed by atoms with Crippen LogP contribution in [0.1, 0.15) is 35.5 Å². The van der Waals surface area contributed by atoms with E-state index in [9.17, 15) is 4.79 Å². The first-order chi connectivity index (χ1) is 9.13.